The molecule has 1 aromatic heterocycles. The molecule has 3 aliphatic rings. The van der Waals surface area contributed by atoms with E-state index in [2.05, 4.69) is 22.5 Å². The smallest absolute Gasteiger partial charge is 0.393 e. The van der Waals surface area contributed by atoms with Gasteiger partial charge >= 0.3 is 6.18 Å². The predicted molar refractivity (Wildman–Crippen MR) is 168 cm³/mol. The number of alkyl halides is 4. The maximum absolute atomic E-state index is 14.7. The third-order valence-electron chi connectivity index (χ3n) is 8.62. The van der Waals surface area contributed by atoms with Crippen molar-refractivity contribution < 1.29 is 26.9 Å². The van der Waals surface area contributed by atoms with Crippen LogP contribution >= 0.6 is 18.5 Å². The molecule has 2 N–H and O–H groups in total. The maximum atomic E-state index is 14.7. The Kier molecular flexibility index (Phi) is 8.45. The molecule has 3 fully saturated rings. The number of benzene rings is 2. The maximum Gasteiger partial charge on any atom is 0.393 e. The van der Waals surface area contributed by atoms with Crippen molar-refractivity contribution in [1.82, 2.24) is 4.90 Å². The molecule has 2 unspecified atom stereocenters. The van der Waals surface area contributed by atoms with E-state index in [1.165, 1.54) is 11.3 Å². The largest absolute Gasteiger partial charge is 0.495 e. The Morgan fingerprint density at radius 3 is 2.49 bits per heavy atom. The summed E-state index contributed by atoms with van der Waals surface area (Å²) < 4.78 is 75.8. The number of methoxy groups -OCH3 is 1. The van der Waals surface area contributed by atoms with Crippen LogP contribution in [-0.2, 0) is 11.0 Å². The van der Waals surface area contributed by atoms with E-state index in [1.807, 2.05) is 30.1 Å². The Bertz CT molecular complexity index is 1590. The summed E-state index contributed by atoms with van der Waals surface area (Å²) in [4.78, 5) is 2.28. The molecule has 6 rings (SSSR count). The van der Waals surface area contributed by atoms with E-state index in [-0.39, 0.29) is 12.1 Å². The van der Waals surface area contributed by atoms with Crippen molar-refractivity contribution in [1.29, 1.82) is 0 Å². The molecule has 0 spiro atoms. The predicted octanol–water partition coefficient (Wildman–Crippen LogP) is 7.25. The molecule has 1 saturated heterocycles. The molecule has 0 amide bonds. The van der Waals surface area contributed by atoms with E-state index >= 15 is 0 Å². The zero-order chi connectivity index (χ0) is 30.4. The summed E-state index contributed by atoms with van der Waals surface area (Å²) in [7, 11) is 1.00. The van der Waals surface area contributed by atoms with E-state index in [0.717, 1.165) is 37.5 Å². The summed E-state index contributed by atoms with van der Waals surface area (Å²) >= 11 is 1.20. The number of anilines is 2. The van der Waals surface area contributed by atoms with Gasteiger partial charge < -0.3 is 24.8 Å². The highest BCUT2D eigenvalue weighted by Gasteiger charge is 2.51. The van der Waals surface area contributed by atoms with Gasteiger partial charge in [-0.2, -0.15) is 13.2 Å². The van der Waals surface area contributed by atoms with Crippen LogP contribution in [0.15, 0.2) is 36.4 Å². The summed E-state index contributed by atoms with van der Waals surface area (Å²) in [5.41, 5.74) is 2.05. The number of thiophene rings is 1. The number of ether oxygens (including phenoxy) is 1. The van der Waals surface area contributed by atoms with Crippen LogP contribution in [0.4, 0.5) is 28.9 Å². The first-order valence-electron chi connectivity index (χ1n) is 14.8. The van der Waals surface area contributed by atoms with Crippen molar-refractivity contribution in [2.75, 3.05) is 44.4 Å². The van der Waals surface area contributed by atoms with Crippen molar-refractivity contribution in [2.45, 2.75) is 68.2 Å². The van der Waals surface area contributed by atoms with Crippen LogP contribution in [0.5, 0.6) is 5.75 Å². The molecule has 2 atom stereocenters. The first-order chi connectivity index (χ1) is 20.6. The third kappa shape index (κ3) is 6.55. The van der Waals surface area contributed by atoms with Gasteiger partial charge in [-0.1, -0.05) is 24.0 Å². The van der Waals surface area contributed by atoms with E-state index in [4.69, 9.17) is 4.74 Å². The summed E-state index contributed by atoms with van der Waals surface area (Å²) in [6.07, 6.45) is -1.88. The Balaban J connectivity index is 1.23. The molecule has 3 aromatic rings. The Labute approximate surface area is 253 Å². The lowest BCUT2D eigenvalue weighted by atomic mass is 10.0. The van der Waals surface area contributed by atoms with Gasteiger partial charge in [-0.05, 0) is 74.4 Å². The summed E-state index contributed by atoms with van der Waals surface area (Å²) in [6, 6.07) is 10.4. The van der Waals surface area contributed by atoms with Crippen molar-refractivity contribution in [2.24, 2.45) is 0 Å². The number of hydrogen-bond donors (Lipinski definition) is 2. The fourth-order valence-electron chi connectivity index (χ4n) is 6.12. The van der Waals surface area contributed by atoms with Crippen molar-refractivity contribution in [3.05, 3.63) is 46.8 Å². The van der Waals surface area contributed by atoms with Gasteiger partial charge in [0.1, 0.15) is 19.1 Å². The molecule has 0 radical (unpaired) electrons. The molecule has 2 heterocycles. The minimum atomic E-state index is -4.40. The fraction of sp³-hybridized carbons (Fsp3) is 0.500. The second kappa shape index (κ2) is 12.0. The number of nitrogens with one attached hydrogen (secondary N) is 2. The van der Waals surface area contributed by atoms with Crippen molar-refractivity contribution in [3.63, 3.8) is 0 Å². The quantitative estimate of drug-likeness (QED) is 0.148. The van der Waals surface area contributed by atoms with Gasteiger partial charge in [0.2, 0.25) is 0 Å². The molecule has 230 valence electrons. The second-order valence-corrected chi connectivity index (χ2v) is 16.3. The highest BCUT2D eigenvalue weighted by Crippen LogP contribution is 2.69. The first-order valence-corrected chi connectivity index (χ1v) is 17.4. The number of nitrogens with zero attached hydrogens (tertiary/aromatic N) is 1. The number of fused-ring (bicyclic) bond motifs is 1. The van der Waals surface area contributed by atoms with E-state index < -0.39 is 32.0 Å². The van der Waals surface area contributed by atoms with Crippen LogP contribution in [0, 0.1) is 11.8 Å². The number of piperidine rings is 1. The standard InChI is InChI=1S/C32H36F4N3O2PS/c1-39-16-14-26(25(33)19-39)38-28-6-3-5-23-24(18-32(34,35)36)30(43-31(23)28)7-4-15-37-27-13-12-22(17-29(27)41-2)42(40,20-8-9-20)21-10-11-21/h3,5-6,12-13,17,20-21,25-26,37-38H,8-11,14-16,18-19H2,1-2H3. The topological polar surface area (TPSA) is 53.6 Å². The fourth-order valence-corrected chi connectivity index (χ4v) is 11.2. The van der Waals surface area contributed by atoms with E-state index in [1.54, 1.807) is 25.3 Å². The minimum Gasteiger partial charge on any atom is -0.495 e. The van der Waals surface area contributed by atoms with Gasteiger partial charge in [-0.15, -0.1) is 11.3 Å². The van der Waals surface area contributed by atoms with Gasteiger partial charge in [-0.25, -0.2) is 4.39 Å². The molecular weight excluding hydrogens is 597 g/mol. The third-order valence-corrected chi connectivity index (χ3v) is 14.1. The SMILES string of the molecule is COc1cc(P(=O)(C2CC2)C2CC2)ccc1NCC#Cc1sc2c(NC3CCN(C)CC3F)cccc2c1CC(F)(F)F. The van der Waals surface area contributed by atoms with Crippen LogP contribution < -0.4 is 20.7 Å². The zero-order valence-electron chi connectivity index (χ0n) is 24.3. The average Bonchev–Trinajstić information content (AvgIpc) is 3.89. The van der Waals surface area contributed by atoms with Gasteiger partial charge in [0.25, 0.3) is 0 Å². The van der Waals surface area contributed by atoms with Gasteiger partial charge in [0, 0.05) is 29.7 Å². The lowest BCUT2D eigenvalue weighted by Gasteiger charge is -2.33. The van der Waals surface area contributed by atoms with Gasteiger partial charge in [0.05, 0.1) is 47.1 Å². The minimum absolute atomic E-state index is 0.140. The van der Waals surface area contributed by atoms with Crippen molar-refractivity contribution in [3.8, 4) is 17.6 Å². The van der Waals surface area contributed by atoms with E-state index in [0.29, 0.717) is 56.4 Å². The number of hydrogen-bond acceptors (Lipinski definition) is 6. The molecule has 43 heavy (non-hydrogen) atoms. The van der Waals surface area contributed by atoms with Gasteiger partial charge in [-0.3, -0.25) is 0 Å². The van der Waals surface area contributed by atoms with Crippen LogP contribution in [-0.4, -0.2) is 68.4 Å². The van der Waals surface area contributed by atoms with Crippen molar-refractivity contribution >= 4 is 45.2 Å². The van der Waals surface area contributed by atoms with Gasteiger partial charge in [0.15, 0.2) is 0 Å². The monoisotopic (exact) mass is 633 g/mol. The Morgan fingerprint density at radius 2 is 1.84 bits per heavy atom. The average molecular weight is 634 g/mol. The normalized spacial score (nSPS) is 21.3. The molecule has 11 heteroatoms. The van der Waals surface area contributed by atoms with Crippen LogP contribution in [0.2, 0.25) is 0 Å². The summed E-state index contributed by atoms with van der Waals surface area (Å²) in [5.74, 6) is 6.54. The zero-order valence-corrected chi connectivity index (χ0v) is 26.0. The highest BCUT2D eigenvalue weighted by molar-refractivity contribution is 7.73. The van der Waals surface area contributed by atoms with Crippen LogP contribution in [0.1, 0.15) is 42.5 Å². The lowest BCUT2D eigenvalue weighted by molar-refractivity contribution is -0.126. The molecular formula is C32H36F4N3O2PS. The molecule has 2 aliphatic carbocycles. The highest BCUT2D eigenvalue weighted by atomic mass is 32.1. The number of likely N-dealkylation sites (tertiary alicyclic amines) is 1. The second-order valence-electron chi connectivity index (χ2n) is 11.9. The molecule has 1 aliphatic heterocycles. The van der Waals surface area contributed by atoms with E-state index in [9.17, 15) is 22.1 Å². The summed E-state index contributed by atoms with van der Waals surface area (Å²) in [6.45, 7) is 1.24. The lowest BCUT2D eigenvalue weighted by Crippen LogP contribution is -2.46. The Hall–Kier alpha value is -2.73. The molecule has 2 saturated carbocycles. The number of halogens is 4. The summed E-state index contributed by atoms with van der Waals surface area (Å²) in [5, 5.41) is 7.84. The molecule has 5 nitrogen and oxygen atoms in total. The first kappa shape index (κ1) is 30.3. The van der Waals surface area contributed by atoms with Crippen LogP contribution in [0.3, 0.4) is 0 Å². The van der Waals surface area contributed by atoms with Crippen LogP contribution in [0.25, 0.3) is 10.1 Å². The number of rotatable bonds is 9. The Morgan fingerprint density at radius 1 is 1.09 bits per heavy atom. The molecule has 2 aromatic carbocycles. The molecule has 0 bridgehead atoms.